The summed E-state index contributed by atoms with van der Waals surface area (Å²) in [6.45, 7) is 0.285. The Morgan fingerprint density at radius 2 is 1.56 bits per heavy atom. The second-order valence-electron chi connectivity index (χ2n) is 7.58. The Morgan fingerprint density at radius 3 is 2.21 bits per heavy atom. The summed E-state index contributed by atoms with van der Waals surface area (Å²) in [5, 5.41) is 3.05. The van der Waals surface area contributed by atoms with E-state index in [1.165, 1.54) is 32.4 Å². The van der Waals surface area contributed by atoms with Crippen LogP contribution in [0.2, 0.25) is 0 Å². The molecule has 2 N–H and O–H groups in total. The Hall–Kier alpha value is -4.40. The van der Waals surface area contributed by atoms with Crippen LogP contribution < -0.4 is 26.0 Å². The topological polar surface area (TPSA) is 102 Å². The molecule has 8 nitrogen and oxygen atoms in total. The molecule has 0 spiro atoms. The number of aromatic nitrogens is 2. The predicted octanol–water partition coefficient (Wildman–Crippen LogP) is 2.82. The van der Waals surface area contributed by atoms with Crippen molar-refractivity contribution in [1.29, 1.82) is 0 Å². The van der Waals surface area contributed by atoms with Gasteiger partial charge in [-0.15, -0.1) is 0 Å². The van der Waals surface area contributed by atoms with Crippen LogP contribution in [0.15, 0.2) is 70.3 Å². The molecule has 0 atom stereocenters. The van der Waals surface area contributed by atoms with Gasteiger partial charge < -0.3 is 19.8 Å². The van der Waals surface area contributed by atoms with Gasteiger partial charge in [-0.2, -0.15) is 0 Å². The second kappa shape index (κ2) is 9.62. The molecule has 0 bridgehead atoms. The Kier molecular flexibility index (Phi) is 6.44. The van der Waals surface area contributed by atoms with Crippen molar-refractivity contribution < 1.29 is 18.7 Å². The van der Waals surface area contributed by atoms with E-state index in [1.54, 1.807) is 42.5 Å². The molecule has 34 heavy (non-hydrogen) atoms. The van der Waals surface area contributed by atoms with Crippen LogP contribution in [-0.4, -0.2) is 29.7 Å². The number of hydrogen-bond acceptors (Lipinski definition) is 5. The highest BCUT2D eigenvalue weighted by molar-refractivity contribution is 5.94. The molecule has 174 valence electrons. The van der Waals surface area contributed by atoms with E-state index in [-0.39, 0.29) is 30.2 Å². The summed E-state index contributed by atoms with van der Waals surface area (Å²) in [7, 11) is 2.93. The molecule has 0 aliphatic carbocycles. The normalized spacial score (nSPS) is 10.8. The molecule has 0 radical (unpaired) electrons. The first-order valence-electron chi connectivity index (χ1n) is 10.4. The van der Waals surface area contributed by atoms with Crippen molar-refractivity contribution in [3.05, 3.63) is 104 Å². The highest BCUT2D eigenvalue weighted by Gasteiger charge is 2.13. The molecule has 0 saturated heterocycles. The number of carbonyl (C=O) groups excluding carboxylic acids is 1. The number of aromatic amines is 1. The molecule has 9 heteroatoms. The van der Waals surface area contributed by atoms with E-state index < -0.39 is 11.2 Å². The van der Waals surface area contributed by atoms with E-state index in [9.17, 15) is 18.8 Å². The SMILES string of the molecule is COc1cc2[nH]c(=O)n(Cc3ccc(C(=O)NCc4ccc(F)cc4)cc3)c(=O)c2cc1OC. The lowest BCUT2D eigenvalue weighted by atomic mass is 10.1. The van der Waals surface area contributed by atoms with Crippen molar-refractivity contribution in [3.8, 4) is 11.5 Å². The van der Waals surface area contributed by atoms with Gasteiger partial charge in [-0.1, -0.05) is 24.3 Å². The summed E-state index contributed by atoms with van der Waals surface area (Å²) in [6.07, 6.45) is 0. The van der Waals surface area contributed by atoms with Crippen LogP contribution in [0.3, 0.4) is 0 Å². The van der Waals surface area contributed by atoms with Gasteiger partial charge in [0.1, 0.15) is 5.82 Å². The maximum absolute atomic E-state index is 13.0. The van der Waals surface area contributed by atoms with Crippen LogP contribution in [0.4, 0.5) is 4.39 Å². The molecule has 1 amide bonds. The van der Waals surface area contributed by atoms with Gasteiger partial charge in [-0.05, 0) is 41.5 Å². The van der Waals surface area contributed by atoms with Crippen LogP contribution in [0.1, 0.15) is 21.5 Å². The zero-order valence-electron chi connectivity index (χ0n) is 18.6. The standard InChI is InChI=1S/C25H22FN3O5/c1-33-21-11-19-20(12-22(21)34-2)28-25(32)29(24(19)31)14-16-3-7-17(8-4-16)23(30)27-13-15-5-9-18(26)10-6-15/h3-12H,13-14H2,1-2H3,(H,27,30)(H,28,32). The van der Waals surface area contributed by atoms with Gasteiger partial charge >= 0.3 is 5.69 Å². The van der Waals surface area contributed by atoms with Crippen molar-refractivity contribution in [1.82, 2.24) is 14.9 Å². The molecule has 1 heterocycles. The number of benzene rings is 3. The number of carbonyl (C=O) groups is 1. The summed E-state index contributed by atoms with van der Waals surface area (Å²) in [4.78, 5) is 40.7. The van der Waals surface area contributed by atoms with E-state index >= 15 is 0 Å². The molecule has 4 aromatic rings. The van der Waals surface area contributed by atoms with Crippen molar-refractivity contribution >= 4 is 16.8 Å². The third kappa shape index (κ3) is 4.68. The summed E-state index contributed by atoms with van der Waals surface area (Å²) < 4.78 is 24.6. The van der Waals surface area contributed by atoms with Gasteiger partial charge in [0.05, 0.1) is 31.7 Å². The summed E-state index contributed by atoms with van der Waals surface area (Å²) >= 11 is 0. The van der Waals surface area contributed by atoms with Crippen molar-refractivity contribution in [2.45, 2.75) is 13.1 Å². The molecular weight excluding hydrogens is 441 g/mol. The third-order valence-corrected chi connectivity index (χ3v) is 5.41. The smallest absolute Gasteiger partial charge is 0.329 e. The first kappa shape index (κ1) is 22.8. The highest BCUT2D eigenvalue weighted by atomic mass is 19.1. The minimum Gasteiger partial charge on any atom is -0.493 e. The number of nitrogens with one attached hydrogen (secondary N) is 2. The van der Waals surface area contributed by atoms with Crippen molar-refractivity contribution in [2.24, 2.45) is 0 Å². The fourth-order valence-corrected chi connectivity index (χ4v) is 3.55. The van der Waals surface area contributed by atoms with Crippen LogP contribution in [0.5, 0.6) is 11.5 Å². The average Bonchev–Trinajstić information content (AvgIpc) is 2.85. The van der Waals surface area contributed by atoms with Crippen molar-refractivity contribution in [2.75, 3.05) is 14.2 Å². The van der Waals surface area contributed by atoms with E-state index in [2.05, 4.69) is 10.3 Å². The number of amides is 1. The molecule has 0 fully saturated rings. The fraction of sp³-hybridized carbons (Fsp3) is 0.160. The molecule has 0 unspecified atom stereocenters. The molecule has 0 aliphatic rings. The molecular formula is C25H22FN3O5. The number of fused-ring (bicyclic) bond motifs is 1. The second-order valence-corrected chi connectivity index (χ2v) is 7.58. The fourth-order valence-electron chi connectivity index (χ4n) is 3.55. The number of methoxy groups -OCH3 is 2. The number of halogens is 1. The minimum absolute atomic E-state index is 0.0237. The average molecular weight is 463 g/mol. The van der Waals surface area contributed by atoms with Gasteiger partial charge in [-0.3, -0.25) is 14.2 Å². The zero-order valence-corrected chi connectivity index (χ0v) is 18.6. The van der Waals surface area contributed by atoms with Gasteiger partial charge in [0.25, 0.3) is 11.5 Å². The Labute approximate surface area is 193 Å². The van der Waals surface area contributed by atoms with Crippen molar-refractivity contribution in [3.63, 3.8) is 0 Å². The van der Waals surface area contributed by atoms with E-state index in [1.807, 2.05) is 0 Å². The first-order valence-corrected chi connectivity index (χ1v) is 10.4. The van der Waals surface area contributed by atoms with Gasteiger partial charge in [0.15, 0.2) is 11.5 Å². The number of hydrogen-bond donors (Lipinski definition) is 2. The quantitative estimate of drug-likeness (QED) is 0.439. The Morgan fingerprint density at radius 1 is 0.941 bits per heavy atom. The van der Waals surface area contributed by atoms with E-state index in [0.717, 1.165) is 10.1 Å². The highest BCUT2D eigenvalue weighted by Crippen LogP contribution is 2.29. The van der Waals surface area contributed by atoms with Gasteiger partial charge in [0.2, 0.25) is 0 Å². The van der Waals surface area contributed by atoms with Crippen LogP contribution in [-0.2, 0) is 13.1 Å². The largest absolute Gasteiger partial charge is 0.493 e. The first-order chi connectivity index (χ1) is 16.4. The Bertz CT molecular complexity index is 1460. The summed E-state index contributed by atoms with van der Waals surface area (Å²) in [6, 6.07) is 15.5. The number of rotatable bonds is 7. The molecule has 3 aromatic carbocycles. The number of ether oxygens (including phenoxy) is 2. The maximum atomic E-state index is 13.0. The van der Waals surface area contributed by atoms with Crippen LogP contribution in [0.25, 0.3) is 10.9 Å². The van der Waals surface area contributed by atoms with Crippen LogP contribution in [0, 0.1) is 5.82 Å². The lowest BCUT2D eigenvalue weighted by molar-refractivity contribution is 0.0951. The summed E-state index contributed by atoms with van der Waals surface area (Å²) in [5.74, 6) is 0.143. The zero-order chi connectivity index (χ0) is 24.2. The lowest BCUT2D eigenvalue weighted by Gasteiger charge is -2.11. The maximum Gasteiger partial charge on any atom is 0.329 e. The third-order valence-electron chi connectivity index (χ3n) is 5.41. The summed E-state index contributed by atoms with van der Waals surface area (Å²) in [5.41, 5.74) is 1.17. The number of nitrogens with zero attached hydrogens (tertiary/aromatic N) is 1. The Balaban J connectivity index is 1.53. The lowest BCUT2D eigenvalue weighted by Crippen LogP contribution is -2.35. The van der Waals surface area contributed by atoms with Crippen LogP contribution >= 0.6 is 0 Å². The number of H-pyrrole nitrogens is 1. The van der Waals surface area contributed by atoms with Gasteiger partial charge in [0, 0.05) is 18.2 Å². The predicted molar refractivity (Wildman–Crippen MR) is 125 cm³/mol. The van der Waals surface area contributed by atoms with Gasteiger partial charge in [-0.25, -0.2) is 9.18 Å². The molecule has 1 aromatic heterocycles. The molecule has 0 saturated carbocycles. The van der Waals surface area contributed by atoms with E-state index in [0.29, 0.717) is 28.1 Å². The van der Waals surface area contributed by atoms with E-state index in [4.69, 9.17) is 9.47 Å². The molecule has 0 aliphatic heterocycles. The molecule has 4 rings (SSSR count). The monoisotopic (exact) mass is 463 g/mol. The minimum atomic E-state index is -0.564.